The number of anilines is 1. The molecule has 6 heteroatoms. The summed E-state index contributed by atoms with van der Waals surface area (Å²) in [6, 6.07) is 8.74. The number of halogens is 3. The summed E-state index contributed by atoms with van der Waals surface area (Å²) in [5.41, 5.74) is 7.28. The zero-order chi connectivity index (χ0) is 13.1. The molecule has 0 atom stereocenters. The Hall–Kier alpha value is -0.610. The molecule has 2 rings (SSSR count). The Labute approximate surface area is 124 Å². The second-order valence-corrected chi connectivity index (χ2v) is 5.78. The second-order valence-electron chi connectivity index (χ2n) is 3.53. The largest absolute Gasteiger partial charge is 0.398 e. The van der Waals surface area contributed by atoms with Gasteiger partial charge in [0.15, 0.2) is 0 Å². The Morgan fingerprint density at radius 2 is 1.89 bits per heavy atom. The zero-order valence-electron chi connectivity index (χ0n) is 9.16. The molecule has 1 aromatic carbocycles. The molecule has 0 fully saturated rings. The van der Waals surface area contributed by atoms with Gasteiger partial charge in [-0.1, -0.05) is 34.8 Å². The molecule has 0 saturated carbocycles. The summed E-state index contributed by atoms with van der Waals surface area (Å²) >= 11 is 19.3. The van der Waals surface area contributed by atoms with Gasteiger partial charge in [-0.05, 0) is 30.3 Å². The van der Waals surface area contributed by atoms with Crippen molar-refractivity contribution in [1.29, 1.82) is 0 Å². The van der Waals surface area contributed by atoms with E-state index in [1.54, 1.807) is 24.3 Å². The number of nitrogen functional groups attached to an aromatic ring is 1. The van der Waals surface area contributed by atoms with Gasteiger partial charge in [-0.2, -0.15) is 0 Å². The highest BCUT2D eigenvalue weighted by Gasteiger charge is 2.06. The molecule has 0 aliphatic carbocycles. The molecule has 18 heavy (non-hydrogen) atoms. The predicted octanol–water partition coefficient (Wildman–Crippen LogP) is 4.92. The van der Waals surface area contributed by atoms with Gasteiger partial charge >= 0.3 is 0 Å². The summed E-state index contributed by atoms with van der Waals surface area (Å²) in [5.74, 6) is 0.587. The highest BCUT2D eigenvalue weighted by Crippen LogP contribution is 2.32. The van der Waals surface area contributed by atoms with Crippen LogP contribution in [-0.2, 0) is 5.75 Å². The molecule has 0 spiro atoms. The summed E-state index contributed by atoms with van der Waals surface area (Å²) in [5, 5.41) is 1.67. The van der Waals surface area contributed by atoms with Crippen molar-refractivity contribution in [3.05, 3.63) is 51.2 Å². The maximum atomic E-state index is 6.04. The number of hydrogen-bond acceptors (Lipinski definition) is 3. The van der Waals surface area contributed by atoms with Crippen LogP contribution in [-0.4, -0.2) is 4.98 Å². The molecule has 1 heterocycles. The Balaban J connectivity index is 2.16. The molecule has 2 aromatic rings. The highest BCUT2D eigenvalue weighted by molar-refractivity contribution is 7.98. The number of benzene rings is 1. The summed E-state index contributed by atoms with van der Waals surface area (Å²) in [6.07, 6.45) is 0. The van der Waals surface area contributed by atoms with E-state index < -0.39 is 0 Å². The van der Waals surface area contributed by atoms with E-state index in [1.807, 2.05) is 6.07 Å². The van der Waals surface area contributed by atoms with Gasteiger partial charge in [-0.3, -0.25) is 0 Å². The minimum absolute atomic E-state index is 0.425. The van der Waals surface area contributed by atoms with Gasteiger partial charge in [0.05, 0.1) is 10.7 Å². The molecule has 0 unspecified atom stereocenters. The molecule has 94 valence electrons. The normalized spacial score (nSPS) is 10.6. The average molecular weight is 320 g/mol. The van der Waals surface area contributed by atoms with Crippen molar-refractivity contribution >= 4 is 52.3 Å². The van der Waals surface area contributed by atoms with Crippen LogP contribution >= 0.6 is 46.6 Å². The van der Waals surface area contributed by atoms with Crippen molar-refractivity contribution < 1.29 is 0 Å². The van der Waals surface area contributed by atoms with Crippen molar-refractivity contribution in [3.63, 3.8) is 0 Å². The lowest BCUT2D eigenvalue weighted by Crippen LogP contribution is -1.92. The van der Waals surface area contributed by atoms with E-state index in [1.165, 1.54) is 11.8 Å². The number of rotatable bonds is 3. The molecule has 0 bridgehead atoms. The SMILES string of the molecule is Nc1ccc(Cl)cc1SCc1nc(Cl)ccc1Cl. The molecule has 0 amide bonds. The third-order valence-electron chi connectivity index (χ3n) is 2.22. The minimum Gasteiger partial charge on any atom is -0.398 e. The van der Waals surface area contributed by atoms with Gasteiger partial charge in [0.2, 0.25) is 0 Å². The summed E-state index contributed by atoms with van der Waals surface area (Å²) in [6.45, 7) is 0. The lowest BCUT2D eigenvalue weighted by atomic mass is 10.3. The van der Waals surface area contributed by atoms with E-state index in [4.69, 9.17) is 40.5 Å². The Morgan fingerprint density at radius 3 is 2.67 bits per heavy atom. The number of hydrogen-bond donors (Lipinski definition) is 1. The number of nitrogens with zero attached hydrogens (tertiary/aromatic N) is 1. The molecular formula is C12H9Cl3N2S. The van der Waals surface area contributed by atoms with Crippen LogP contribution in [0.2, 0.25) is 15.2 Å². The first-order valence-electron chi connectivity index (χ1n) is 5.05. The fraction of sp³-hybridized carbons (Fsp3) is 0.0833. The zero-order valence-corrected chi connectivity index (χ0v) is 12.2. The van der Waals surface area contributed by atoms with Crippen LogP contribution in [0.3, 0.4) is 0 Å². The van der Waals surface area contributed by atoms with Crippen LogP contribution in [0.1, 0.15) is 5.69 Å². The van der Waals surface area contributed by atoms with Crippen molar-refractivity contribution in [1.82, 2.24) is 4.98 Å². The highest BCUT2D eigenvalue weighted by atomic mass is 35.5. The van der Waals surface area contributed by atoms with Crippen molar-refractivity contribution in [3.8, 4) is 0 Å². The lowest BCUT2D eigenvalue weighted by Gasteiger charge is -2.07. The van der Waals surface area contributed by atoms with Gasteiger partial charge in [0.1, 0.15) is 5.15 Å². The molecule has 0 saturated heterocycles. The first-order valence-corrected chi connectivity index (χ1v) is 7.17. The summed E-state index contributed by atoms with van der Waals surface area (Å²) < 4.78 is 0. The monoisotopic (exact) mass is 318 g/mol. The minimum atomic E-state index is 0.425. The Morgan fingerprint density at radius 1 is 1.11 bits per heavy atom. The van der Waals surface area contributed by atoms with Crippen molar-refractivity contribution in [2.75, 3.05) is 5.73 Å². The fourth-order valence-corrected chi connectivity index (χ4v) is 2.95. The fourth-order valence-electron chi connectivity index (χ4n) is 1.34. The van der Waals surface area contributed by atoms with Crippen LogP contribution in [0.15, 0.2) is 35.2 Å². The lowest BCUT2D eigenvalue weighted by molar-refractivity contribution is 1.17. The van der Waals surface area contributed by atoms with Gasteiger partial charge in [-0.25, -0.2) is 4.98 Å². The van der Waals surface area contributed by atoms with Gasteiger partial charge in [0, 0.05) is 21.4 Å². The molecule has 0 aliphatic rings. The predicted molar refractivity (Wildman–Crippen MR) is 79.7 cm³/mol. The van der Waals surface area contributed by atoms with Gasteiger partial charge in [0.25, 0.3) is 0 Å². The smallest absolute Gasteiger partial charge is 0.129 e. The van der Waals surface area contributed by atoms with Crippen LogP contribution < -0.4 is 5.73 Å². The summed E-state index contributed by atoms with van der Waals surface area (Å²) in [7, 11) is 0. The first-order chi connectivity index (χ1) is 8.56. The van der Waals surface area contributed by atoms with E-state index in [2.05, 4.69) is 4.98 Å². The maximum Gasteiger partial charge on any atom is 0.129 e. The Kier molecular flexibility index (Phi) is 4.62. The van der Waals surface area contributed by atoms with Gasteiger partial charge in [-0.15, -0.1) is 11.8 Å². The van der Waals surface area contributed by atoms with E-state index >= 15 is 0 Å². The third-order valence-corrected chi connectivity index (χ3v) is 4.10. The number of nitrogens with two attached hydrogens (primary N) is 1. The third kappa shape index (κ3) is 3.45. The standard InChI is InChI=1S/C12H9Cl3N2S/c13-7-1-3-9(16)11(5-7)18-6-10-8(14)2-4-12(15)17-10/h1-5H,6,16H2. The van der Waals surface area contributed by atoms with Gasteiger partial charge < -0.3 is 5.73 Å². The van der Waals surface area contributed by atoms with E-state index in [9.17, 15) is 0 Å². The summed E-state index contributed by atoms with van der Waals surface area (Å²) in [4.78, 5) is 5.08. The molecule has 2 nitrogen and oxygen atoms in total. The average Bonchev–Trinajstić information content (AvgIpc) is 2.34. The number of aromatic nitrogens is 1. The van der Waals surface area contributed by atoms with Crippen LogP contribution in [0.25, 0.3) is 0 Å². The van der Waals surface area contributed by atoms with Crippen molar-refractivity contribution in [2.24, 2.45) is 0 Å². The molecule has 0 aliphatic heterocycles. The second kappa shape index (κ2) is 6.02. The maximum absolute atomic E-state index is 6.04. The quantitative estimate of drug-likeness (QED) is 0.496. The van der Waals surface area contributed by atoms with E-state index in [0.29, 0.717) is 26.6 Å². The number of pyridine rings is 1. The molecule has 1 aromatic heterocycles. The van der Waals surface area contributed by atoms with E-state index in [-0.39, 0.29) is 0 Å². The molecular weight excluding hydrogens is 311 g/mol. The molecule has 2 N–H and O–H groups in total. The van der Waals surface area contributed by atoms with Crippen LogP contribution in [0.4, 0.5) is 5.69 Å². The number of thioether (sulfide) groups is 1. The van der Waals surface area contributed by atoms with Crippen LogP contribution in [0.5, 0.6) is 0 Å². The Bertz CT molecular complexity index is 524. The van der Waals surface area contributed by atoms with Crippen LogP contribution in [0, 0.1) is 0 Å². The topological polar surface area (TPSA) is 38.9 Å². The van der Waals surface area contributed by atoms with Crippen molar-refractivity contribution in [2.45, 2.75) is 10.6 Å². The van der Waals surface area contributed by atoms with E-state index in [0.717, 1.165) is 10.6 Å². The first kappa shape index (κ1) is 13.8. The molecule has 0 radical (unpaired) electrons.